The molecule has 2 saturated heterocycles. The van der Waals surface area contributed by atoms with E-state index in [9.17, 15) is 8.42 Å². The number of rotatable bonds is 10. The number of likely N-dealkylation sites (N-methyl/N-ethyl adjacent to an activating group) is 1. The van der Waals surface area contributed by atoms with Crippen LogP contribution in [0.3, 0.4) is 0 Å². The second-order valence-corrected chi connectivity index (χ2v) is 14.8. The highest BCUT2D eigenvalue weighted by atomic mass is 79.9. The van der Waals surface area contributed by atoms with E-state index in [0.717, 1.165) is 76.0 Å². The zero-order valence-corrected chi connectivity index (χ0v) is 29.3. The van der Waals surface area contributed by atoms with Gasteiger partial charge < -0.3 is 29.9 Å². The van der Waals surface area contributed by atoms with Gasteiger partial charge in [0.25, 0.3) is 0 Å². The average molecular weight is 716 g/mol. The number of aryl methyl sites for hydroxylation is 1. The Bertz CT molecular complexity index is 1680. The Balaban J connectivity index is 1.21. The van der Waals surface area contributed by atoms with Crippen LogP contribution in [0.5, 0.6) is 11.5 Å². The molecule has 46 heavy (non-hydrogen) atoms. The SMILES string of the molecule is CCc1cc(Nc2ncc(Br)c(Nc3cc4c(cc3NS(C)(=O)=O)CCO4)n2)c(OC)cc1N1CCC(N2CCN(C)CC2)CC1. The molecule has 0 atom stereocenters. The molecule has 0 bridgehead atoms. The lowest BCUT2D eigenvalue weighted by molar-refractivity contribution is 0.0982. The minimum Gasteiger partial charge on any atom is -0.494 e. The van der Waals surface area contributed by atoms with E-state index < -0.39 is 10.0 Å². The van der Waals surface area contributed by atoms with Crippen LogP contribution in [0.4, 0.5) is 34.5 Å². The number of benzene rings is 2. The number of nitrogens with one attached hydrogen (secondary N) is 3. The first-order valence-corrected chi connectivity index (χ1v) is 18.5. The smallest absolute Gasteiger partial charge is 0.229 e. The van der Waals surface area contributed by atoms with Crippen LogP contribution in [0.15, 0.2) is 34.9 Å². The fraction of sp³-hybridized carbons (Fsp3) is 0.500. The highest BCUT2D eigenvalue weighted by Gasteiger charge is 2.28. The van der Waals surface area contributed by atoms with Crippen molar-refractivity contribution in [3.05, 3.63) is 46.1 Å². The molecule has 0 radical (unpaired) electrons. The monoisotopic (exact) mass is 714 g/mol. The van der Waals surface area contributed by atoms with Gasteiger partial charge in [0.2, 0.25) is 16.0 Å². The van der Waals surface area contributed by atoms with Crippen LogP contribution in [-0.4, -0.2) is 101 Å². The molecule has 0 aliphatic carbocycles. The molecule has 3 aromatic rings. The fourth-order valence-corrected chi connectivity index (χ4v) is 7.35. The van der Waals surface area contributed by atoms with E-state index in [0.29, 0.717) is 58.2 Å². The predicted molar refractivity (Wildman–Crippen MR) is 187 cm³/mol. The van der Waals surface area contributed by atoms with E-state index in [1.54, 1.807) is 25.4 Å². The van der Waals surface area contributed by atoms with Crippen LogP contribution in [0, 0.1) is 0 Å². The Labute approximate surface area is 280 Å². The van der Waals surface area contributed by atoms with Crippen molar-refractivity contribution in [2.24, 2.45) is 0 Å². The van der Waals surface area contributed by atoms with Gasteiger partial charge in [0.05, 0.1) is 41.5 Å². The summed E-state index contributed by atoms with van der Waals surface area (Å²) in [5.74, 6) is 2.25. The van der Waals surface area contributed by atoms with Gasteiger partial charge in [-0.2, -0.15) is 4.98 Å². The summed E-state index contributed by atoms with van der Waals surface area (Å²) in [6.07, 6.45) is 6.69. The highest BCUT2D eigenvalue weighted by Crippen LogP contribution is 2.39. The molecule has 2 aromatic carbocycles. The predicted octanol–water partition coefficient (Wildman–Crippen LogP) is 4.82. The molecule has 3 aliphatic rings. The molecule has 4 heterocycles. The van der Waals surface area contributed by atoms with Gasteiger partial charge in [-0.25, -0.2) is 13.4 Å². The molecule has 6 rings (SSSR count). The van der Waals surface area contributed by atoms with Crippen LogP contribution in [0.25, 0.3) is 0 Å². The minimum atomic E-state index is -3.51. The third-order valence-electron chi connectivity index (χ3n) is 9.01. The molecule has 1 aromatic heterocycles. The van der Waals surface area contributed by atoms with Crippen LogP contribution < -0.4 is 29.7 Å². The number of piperazine rings is 1. The molecule has 12 nitrogen and oxygen atoms in total. The summed E-state index contributed by atoms with van der Waals surface area (Å²) in [5.41, 5.74) is 5.10. The average Bonchev–Trinajstić information content (AvgIpc) is 3.49. The molecule has 0 spiro atoms. The lowest BCUT2D eigenvalue weighted by Crippen LogP contribution is -2.52. The maximum absolute atomic E-state index is 12.1. The largest absolute Gasteiger partial charge is 0.494 e. The zero-order valence-electron chi connectivity index (χ0n) is 26.9. The van der Waals surface area contributed by atoms with Crippen molar-refractivity contribution in [3.63, 3.8) is 0 Å². The van der Waals surface area contributed by atoms with Gasteiger partial charge in [0.1, 0.15) is 17.3 Å². The molecule has 3 N–H and O–H groups in total. The van der Waals surface area contributed by atoms with Gasteiger partial charge in [0, 0.05) is 75.7 Å². The summed E-state index contributed by atoms with van der Waals surface area (Å²) in [7, 11) is 0.372. The van der Waals surface area contributed by atoms with E-state index >= 15 is 0 Å². The number of hydrogen-bond acceptors (Lipinski definition) is 11. The molecule has 3 aliphatic heterocycles. The van der Waals surface area contributed by atoms with E-state index in [2.05, 4.69) is 77.1 Å². The number of halogens is 1. The summed E-state index contributed by atoms with van der Waals surface area (Å²) in [6.45, 7) is 9.39. The topological polar surface area (TPSA) is 124 Å². The number of ether oxygens (including phenoxy) is 2. The van der Waals surface area contributed by atoms with Crippen LogP contribution >= 0.6 is 15.9 Å². The van der Waals surface area contributed by atoms with Crippen molar-refractivity contribution in [1.82, 2.24) is 19.8 Å². The second-order valence-electron chi connectivity index (χ2n) is 12.2. The van der Waals surface area contributed by atoms with Gasteiger partial charge in [-0.1, -0.05) is 6.92 Å². The lowest BCUT2D eigenvalue weighted by atomic mass is 9.99. The van der Waals surface area contributed by atoms with Crippen molar-refractivity contribution in [3.8, 4) is 11.5 Å². The molecule has 2 fully saturated rings. The van der Waals surface area contributed by atoms with E-state index in [1.807, 2.05) is 0 Å². The number of methoxy groups -OCH3 is 1. The molecule has 0 saturated carbocycles. The number of aromatic nitrogens is 2. The van der Waals surface area contributed by atoms with Crippen molar-refractivity contribution < 1.29 is 17.9 Å². The summed E-state index contributed by atoms with van der Waals surface area (Å²) >= 11 is 3.54. The summed E-state index contributed by atoms with van der Waals surface area (Å²) in [5, 5.41) is 6.62. The van der Waals surface area contributed by atoms with Crippen LogP contribution in [0.2, 0.25) is 0 Å². The zero-order chi connectivity index (χ0) is 32.4. The quantitative estimate of drug-likeness (QED) is 0.268. The first kappa shape index (κ1) is 32.6. The Kier molecular flexibility index (Phi) is 9.78. The number of piperidine rings is 1. The standard InChI is InChI=1S/C32H43BrN8O4S/c1-5-21-16-27(30(44-3)19-28(21)41-9-6-23(7-10-41)40-13-11-39(2)12-14-40)36-32-34-20-24(33)31(37-32)35-25-18-29-22(8-15-45-29)17-26(25)38-46(4,42)43/h16-20,23,38H,5-15H2,1-4H3,(H2,34,35,36,37). The molecule has 0 unspecified atom stereocenters. The Morgan fingerprint density at radius 1 is 1.02 bits per heavy atom. The van der Waals surface area contributed by atoms with Gasteiger partial charge in [-0.3, -0.25) is 9.62 Å². The third kappa shape index (κ3) is 7.45. The molecule has 14 heteroatoms. The minimum absolute atomic E-state index is 0.363. The van der Waals surface area contributed by atoms with E-state index in [-0.39, 0.29) is 0 Å². The van der Waals surface area contributed by atoms with Gasteiger partial charge in [0.15, 0.2) is 0 Å². The Morgan fingerprint density at radius 2 is 1.78 bits per heavy atom. The summed E-state index contributed by atoms with van der Waals surface area (Å²) < 4.78 is 39.1. The van der Waals surface area contributed by atoms with Crippen molar-refractivity contribution >= 4 is 60.5 Å². The van der Waals surface area contributed by atoms with Gasteiger partial charge in [-0.05, 0) is 65.5 Å². The Morgan fingerprint density at radius 3 is 2.48 bits per heavy atom. The lowest BCUT2D eigenvalue weighted by Gasteiger charge is -2.43. The van der Waals surface area contributed by atoms with Gasteiger partial charge >= 0.3 is 0 Å². The van der Waals surface area contributed by atoms with Crippen LogP contribution in [0.1, 0.15) is 30.9 Å². The Hall–Kier alpha value is -3.33. The highest BCUT2D eigenvalue weighted by molar-refractivity contribution is 9.10. The molecular formula is C32H43BrN8O4S. The fourth-order valence-electron chi connectivity index (χ4n) is 6.49. The maximum Gasteiger partial charge on any atom is 0.229 e. The number of sulfonamides is 1. The van der Waals surface area contributed by atoms with E-state index in [1.165, 1.54) is 11.3 Å². The normalized spacial score (nSPS) is 17.8. The molecular weight excluding hydrogens is 672 g/mol. The third-order valence-corrected chi connectivity index (χ3v) is 10.2. The number of nitrogens with zero attached hydrogens (tertiary/aromatic N) is 5. The molecule has 248 valence electrons. The number of hydrogen-bond donors (Lipinski definition) is 3. The summed E-state index contributed by atoms with van der Waals surface area (Å²) in [6, 6.07) is 8.50. The summed E-state index contributed by atoms with van der Waals surface area (Å²) in [4.78, 5) is 16.8. The van der Waals surface area contributed by atoms with Crippen molar-refractivity contribution in [2.45, 2.75) is 38.6 Å². The molecule has 0 amide bonds. The van der Waals surface area contributed by atoms with Crippen LogP contribution in [-0.2, 0) is 22.9 Å². The first-order chi connectivity index (χ1) is 22.1. The number of anilines is 6. The van der Waals surface area contributed by atoms with E-state index in [4.69, 9.17) is 14.5 Å². The maximum atomic E-state index is 12.1. The van der Waals surface area contributed by atoms with Gasteiger partial charge in [-0.15, -0.1) is 0 Å². The van der Waals surface area contributed by atoms with Crippen molar-refractivity contribution in [2.75, 3.05) is 86.5 Å². The number of fused-ring (bicyclic) bond motifs is 1. The second kappa shape index (κ2) is 13.8. The first-order valence-electron chi connectivity index (χ1n) is 15.8. The van der Waals surface area contributed by atoms with Crippen molar-refractivity contribution in [1.29, 1.82) is 0 Å².